The minimum absolute atomic E-state index is 0.252. The number of carbonyl (C=O) groups excluding carboxylic acids is 1. The summed E-state index contributed by atoms with van der Waals surface area (Å²) in [5.41, 5.74) is 2.06. The van der Waals surface area contributed by atoms with Crippen molar-refractivity contribution in [3.8, 4) is 0 Å². The van der Waals surface area contributed by atoms with E-state index in [1.807, 2.05) is 0 Å². The predicted molar refractivity (Wildman–Crippen MR) is 74.8 cm³/mol. The number of hydrogen-bond acceptors (Lipinski definition) is 3. The van der Waals surface area contributed by atoms with Crippen LogP contribution in [0.1, 0.15) is 22.8 Å². The van der Waals surface area contributed by atoms with Crippen molar-refractivity contribution < 1.29 is 14.4 Å². The van der Waals surface area contributed by atoms with Crippen LogP contribution in [0.2, 0.25) is 0 Å². The lowest BCUT2D eigenvalue weighted by Crippen LogP contribution is -2.12. The van der Waals surface area contributed by atoms with Gasteiger partial charge in [-0.05, 0) is 42.8 Å². The molecule has 0 saturated carbocycles. The van der Waals surface area contributed by atoms with Crippen LogP contribution in [-0.4, -0.2) is 16.8 Å². The van der Waals surface area contributed by atoms with E-state index in [0.29, 0.717) is 11.4 Å². The van der Waals surface area contributed by atoms with Crippen molar-refractivity contribution in [1.29, 1.82) is 0 Å². The first-order chi connectivity index (χ1) is 9.60. The van der Waals surface area contributed by atoms with Crippen LogP contribution in [0.5, 0.6) is 0 Å². The van der Waals surface area contributed by atoms with Gasteiger partial charge in [0.15, 0.2) is 0 Å². The number of carbonyl (C=O) groups is 1. The van der Waals surface area contributed by atoms with Crippen molar-refractivity contribution in [1.82, 2.24) is 0 Å². The van der Waals surface area contributed by atoms with Crippen LogP contribution in [0, 0.1) is 5.82 Å². The highest BCUT2D eigenvalue weighted by Gasteiger charge is 2.07. The Kier molecular flexibility index (Phi) is 4.10. The molecule has 0 aliphatic rings. The molecule has 0 spiro atoms. The van der Waals surface area contributed by atoms with Crippen LogP contribution >= 0.6 is 0 Å². The largest absolute Gasteiger partial charge is 0.411 e. The Labute approximate surface area is 115 Å². The summed E-state index contributed by atoms with van der Waals surface area (Å²) in [6, 6.07) is 12.3. The van der Waals surface area contributed by atoms with Crippen LogP contribution in [0.4, 0.5) is 10.1 Å². The van der Waals surface area contributed by atoms with Gasteiger partial charge in [0.05, 0.1) is 5.71 Å². The van der Waals surface area contributed by atoms with Gasteiger partial charge in [-0.15, -0.1) is 0 Å². The number of benzene rings is 2. The summed E-state index contributed by atoms with van der Waals surface area (Å²) >= 11 is 0. The van der Waals surface area contributed by atoms with E-state index in [4.69, 9.17) is 5.21 Å². The molecule has 4 nitrogen and oxygen atoms in total. The van der Waals surface area contributed by atoms with Gasteiger partial charge in [0, 0.05) is 11.3 Å². The minimum Gasteiger partial charge on any atom is -0.411 e. The molecule has 0 fully saturated rings. The van der Waals surface area contributed by atoms with Crippen LogP contribution in [0.3, 0.4) is 0 Å². The van der Waals surface area contributed by atoms with E-state index in [0.717, 1.165) is 5.56 Å². The molecule has 102 valence electrons. The van der Waals surface area contributed by atoms with Gasteiger partial charge in [-0.2, -0.15) is 0 Å². The van der Waals surface area contributed by atoms with Gasteiger partial charge in [-0.3, -0.25) is 4.79 Å². The molecule has 0 aliphatic carbocycles. The zero-order chi connectivity index (χ0) is 14.5. The fourth-order valence-electron chi connectivity index (χ4n) is 1.69. The van der Waals surface area contributed by atoms with E-state index in [9.17, 15) is 9.18 Å². The highest BCUT2D eigenvalue weighted by atomic mass is 19.1. The fourth-order valence-corrected chi connectivity index (χ4v) is 1.69. The van der Waals surface area contributed by atoms with Crippen molar-refractivity contribution in [2.24, 2.45) is 5.16 Å². The van der Waals surface area contributed by atoms with E-state index in [1.165, 1.54) is 24.3 Å². The van der Waals surface area contributed by atoms with Gasteiger partial charge in [-0.1, -0.05) is 23.4 Å². The van der Waals surface area contributed by atoms with E-state index < -0.39 is 5.82 Å². The van der Waals surface area contributed by atoms with Crippen LogP contribution in [-0.2, 0) is 0 Å². The molecule has 2 aromatic carbocycles. The summed E-state index contributed by atoms with van der Waals surface area (Å²) in [5.74, 6) is -0.840. The SMILES string of the molecule is C/C(=N\O)c1ccc(NC(=O)c2cccc(F)c2)cc1. The maximum Gasteiger partial charge on any atom is 0.255 e. The third-order valence-corrected chi connectivity index (χ3v) is 2.80. The molecule has 2 rings (SSSR count). The van der Waals surface area contributed by atoms with Crippen molar-refractivity contribution in [3.05, 3.63) is 65.5 Å². The number of nitrogens with one attached hydrogen (secondary N) is 1. The highest BCUT2D eigenvalue weighted by Crippen LogP contribution is 2.12. The second-order valence-electron chi connectivity index (χ2n) is 4.23. The quantitative estimate of drug-likeness (QED) is 0.511. The summed E-state index contributed by atoms with van der Waals surface area (Å²) < 4.78 is 13.0. The lowest BCUT2D eigenvalue weighted by atomic mass is 10.1. The molecule has 0 unspecified atom stereocenters. The smallest absolute Gasteiger partial charge is 0.255 e. The lowest BCUT2D eigenvalue weighted by molar-refractivity contribution is 0.102. The molecule has 0 bridgehead atoms. The molecular weight excluding hydrogens is 259 g/mol. The van der Waals surface area contributed by atoms with Crippen LogP contribution in [0.25, 0.3) is 0 Å². The van der Waals surface area contributed by atoms with Crippen molar-refractivity contribution in [3.63, 3.8) is 0 Å². The summed E-state index contributed by atoms with van der Waals surface area (Å²) in [6.07, 6.45) is 0. The number of anilines is 1. The zero-order valence-corrected chi connectivity index (χ0v) is 10.8. The molecule has 20 heavy (non-hydrogen) atoms. The van der Waals surface area contributed by atoms with Gasteiger partial charge in [0.25, 0.3) is 5.91 Å². The Morgan fingerprint density at radius 1 is 1.15 bits per heavy atom. The Morgan fingerprint density at radius 2 is 1.85 bits per heavy atom. The number of rotatable bonds is 3. The van der Waals surface area contributed by atoms with Gasteiger partial charge in [0.1, 0.15) is 5.82 Å². The molecule has 1 amide bonds. The Balaban J connectivity index is 2.12. The molecule has 2 aromatic rings. The van der Waals surface area contributed by atoms with Gasteiger partial charge in [0.2, 0.25) is 0 Å². The predicted octanol–water partition coefficient (Wildman–Crippen LogP) is 3.28. The minimum atomic E-state index is -0.456. The highest BCUT2D eigenvalue weighted by molar-refractivity contribution is 6.04. The maximum absolute atomic E-state index is 13.0. The van der Waals surface area contributed by atoms with Crippen LogP contribution < -0.4 is 5.32 Å². The van der Waals surface area contributed by atoms with E-state index >= 15 is 0 Å². The molecule has 0 aliphatic heterocycles. The van der Waals surface area contributed by atoms with Gasteiger partial charge < -0.3 is 10.5 Å². The number of oxime groups is 1. The molecule has 0 aromatic heterocycles. The first-order valence-corrected chi connectivity index (χ1v) is 5.96. The second-order valence-corrected chi connectivity index (χ2v) is 4.23. The molecule has 0 atom stereocenters. The Hall–Kier alpha value is -2.69. The maximum atomic E-state index is 13.0. The van der Waals surface area contributed by atoms with E-state index in [2.05, 4.69) is 10.5 Å². The topological polar surface area (TPSA) is 61.7 Å². The Bertz CT molecular complexity index is 651. The van der Waals surface area contributed by atoms with E-state index in [-0.39, 0.29) is 11.5 Å². The zero-order valence-electron chi connectivity index (χ0n) is 10.8. The van der Waals surface area contributed by atoms with Crippen molar-refractivity contribution >= 4 is 17.3 Å². The van der Waals surface area contributed by atoms with Crippen molar-refractivity contribution in [2.45, 2.75) is 6.92 Å². The number of halogens is 1. The summed E-state index contributed by atoms with van der Waals surface area (Å²) in [5, 5.41) is 14.4. The van der Waals surface area contributed by atoms with Crippen molar-refractivity contribution in [2.75, 3.05) is 5.32 Å². The second kappa shape index (κ2) is 5.97. The number of amides is 1. The fraction of sp³-hybridized carbons (Fsp3) is 0.0667. The van der Waals surface area contributed by atoms with Crippen LogP contribution in [0.15, 0.2) is 53.7 Å². The molecule has 2 N–H and O–H groups in total. The molecule has 0 heterocycles. The Morgan fingerprint density at radius 3 is 2.45 bits per heavy atom. The molecular formula is C15H13FN2O2. The first-order valence-electron chi connectivity index (χ1n) is 5.96. The number of nitrogens with zero attached hydrogens (tertiary/aromatic N) is 1. The molecule has 0 radical (unpaired) electrons. The summed E-state index contributed by atoms with van der Waals surface area (Å²) in [6.45, 7) is 1.67. The lowest BCUT2D eigenvalue weighted by Gasteiger charge is -2.06. The first kappa shape index (κ1) is 13.7. The average molecular weight is 272 g/mol. The standard InChI is InChI=1S/C15H13FN2O2/c1-10(18-20)11-5-7-14(8-6-11)17-15(19)12-3-2-4-13(16)9-12/h2-9,20H,1H3,(H,17,19)/b18-10+. The monoisotopic (exact) mass is 272 g/mol. The third-order valence-electron chi connectivity index (χ3n) is 2.80. The third kappa shape index (κ3) is 3.20. The van der Waals surface area contributed by atoms with Gasteiger partial charge >= 0.3 is 0 Å². The summed E-state index contributed by atoms with van der Waals surface area (Å²) in [7, 11) is 0. The molecule has 5 heteroatoms. The summed E-state index contributed by atoms with van der Waals surface area (Å²) in [4.78, 5) is 11.9. The van der Waals surface area contributed by atoms with E-state index in [1.54, 1.807) is 31.2 Å². The normalized spacial score (nSPS) is 11.2. The van der Waals surface area contributed by atoms with Gasteiger partial charge in [-0.25, -0.2) is 4.39 Å². The molecule has 0 saturated heterocycles. The number of hydrogen-bond donors (Lipinski definition) is 2. The average Bonchev–Trinajstić information content (AvgIpc) is 2.47.